The number of carbonyl (C=O) groups is 5. The van der Waals surface area contributed by atoms with Crippen LogP contribution in [0.1, 0.15) is 162 Å². The van der Waals surface area contributed by atoms with Gasteiger partial charge in [0, 0.05) is 75.7 Å². The number of rotatable bonds is 22. The van der Waals surface area contributed by atoms with Crippen molar-refractivity contribution >= 4 is 29.6 Å². The second-order valence-electron chi connectivity index (χ2n) is 17.9. The van der Waals surface area contributed by atoms with Gasteiger partial charge in [0.15, 0.2) is 5.78 Å². The predicted octanol–water partition coefficient (Wildman–Crippen LogP) is 9.28. The maximum atomic E-state index is 14.3. The van der Waals surface area contributed by atoms with Crippen molar-refractivity contribution in [3.8, 4) is 0 Å². The number of nitrogens with one attached hydrogen (secondary N) is 2. The molecule has 10 nitrogen and oxygen atoms in total. The van der Waals surface area contributed by atoms with Gasteiger partial charge in [-0.1, -0.05) is 20.3 Å². The average molecular weight is 823 g/mol. The summed E-state index contributed by atoms with van der Waals surface area (Å²) < 4.78 is 33.8. The third-order valence-corrected chi connectivity index (χ3v) is 11.6. The van der Waals surface area contributed by atoms with Gasteiger partial charge in [-0.3, -0.25) is 19.2 Å². The Balaban J connectivity index is 1.22. The van der Waals surface area contributed by atoms with Crippen LogP contribution in [-0.2, 0) is 14.3 Å². The van der Waals surface area contributed by atoms with E-state index in [1.165, 1.54) is 12.1 Å². The molecule has 0 bridgehead atoms. The number of benzene rings is 2. The van der Waals surface area contributed by atoms with Crippen molar-refractivity contribution in [3.63, 3.8) is 0 Å². The normalized spacial score (nSPS) is 18.0. The highest BCUT2D eigenvalue weighted by Crippen LogP contribution is 2.64. The first-order valence-electron chi connectivity index (χ1n) is 21.9. The van der Waals surface area contributed by atoms with Crippen LogP contribution in [0.15, 0.2) is 36.4 Å². The molecule has 1 saturated carbocycles. The van der Waals surface area contributed by atoms with E-state index in [1.54, 1.807) is 12.1 Å². The SMILES string of the molecule is CCCN(CCC)C(=O)c1cc(C)cc(C(=O)CC2(CCCNC(=O)CCC3CCN(C(=O)CCCCCNC(=O)OC(C)(C)C)CC3)C[C@H]2c2cc(F)cc(F)c2)c1. The topological polar surface area (TPSA) is 125 Å². The second kappa shape index (κ2) is 22.3. The fourth-order valence-electron chi connectivity index (χ4n) is 8.49. The second-order valence-corrected chi connectivity index (χ2v) is 17.9. The first-order chi connectivity index (χ1) is 28.0. The molecule has 2 atom stereocenters. The zero-order valence-electron chi connectivity index (χ0n) is 36.4. The fraction of sp³-hybridized carbons (Fsp3) is 0.638. The molecule has 2 N–H and O–H groups in total. The number of nitrogens with zero attached hydrogens (tertiary/aromatic N) is 2. The van der Waals surface area contributed by atoms with Gasteiger partial charge < -0.3 is 25.2 Å². The van der Waals surface area contributed by atoms with Gasteiger partial charge in [0.1, 0.15) is 17.2 Å². The standard InChI is InChI=1S/C47H68F2N4O6/c1-7-21-53(22-8-2)44(57)37-26-33(3)25-36(27-37)41(54)32-47(31-40(47)35-28-38(48)30-39(49)29-35)18-12-20-50-42(55)15-14-34-16-23-52(24-17-34)43(56)13-10-9-11-19-51-45(58)59-46(4,5)6/h25-30,34,40H,7-24,31-32H2,1-6H3,(H,50,55)(H,51,58)/t40-,47?/m0/s1. The number of alkyl carbamates (subject to hydrolysis) is 1. The van der Waals surface area contributed by atoms with Crippen molar-refractivity contribution in [2.45, 2.75) is 143 Å². The lowest BCUT2D eigenvalue weighted by atomic mass is 9.86. The molecule has 1 aliphatic carbocycles. The van der Waals surface area contributed by atoms with Crippen LogP contribution in [0.5, 0.6) is 0 Å². The molecule has 1 aliphatic heterocycles. The number of ketones is 1. The van der Waals surface area contributed by atoms with Crippen molar-refractivity contribution in [1.29, 1.82) is 0 Å². The molecule has 0 spiro atoms. The lowest BCUT2D eigenvalue weighted by Gasteiger charge is -2.32. The van der Waals surface area contributed by atoms with Gasteiger partial charge in [-0.2, -0.15) is 0 Å². The highest BCUT2D eigenvalue weighted by Gasteiger charge is 2.55. The molecule has 2 aromatic carbocycles. The Kier molecular flexibility index (Phi) is 17.9. The van der Waals surface area contributed by atoms with E-state index in [9.17, 15) is 32.8 Å². The Hall–Kier alpha value is -4.35. The Morgan fingerprint density at radius 3 is 2.12 bits per heavy atom. The fourth-order valence-corrected chi connectivity index (χ4v) is 8.49. The Labute approximate surface area is 350 Å². The summed E-state index contributed by atoms with van der Waals surface area (Å²) in [5.41, 5.74) is 1.25. The summed E-state index contributed by atoms with van der Waals surface area (Å²) in [6, 6.07) is 8.85. The molecule has 326 valence electrons. The van der Waals surface area contributed by atoms with Crippen molar-refractivity contribution in [2.75, 3.05) is 39.3 Å². The smallest absolute Gasteiger partial charge is 0.407 e. The van der Waals surface area contributed by atoms with E-state index in [0.717, 1.165) is 63.0 Å². The number of unbranched alkanes of at least 4 members (excludes halogenated alkanes) is 2. The minimum absolute atomic E-state index is 0.0357. The number of hydrogen-bond donors (Lipinski definition) is 2. The van der Waals surface area contributed by atoms with E-state index in [-0.39, 0.29) is 35.8 Å². The van der Waals surface area contributed by atoms with Crippen LogP contribution in [0.4, 0.5) is 13.6 Å². The minimum Gasteiger partial charge on any atom is -0.444 e. The number of amides is 4. The van der Waals surface area contributed by atoms with Crippen molar-refractivity contribution in [3.05, 3.63) is 70.3 Å². The summed E-state index contributed by atoms with van der Waals surface area (Å²) in [7, 11) is 0. The maximum absolute atomic E-state index is 14.3. The number of ether oxygens (including phenoxy) is 1. The summed E-state index contributed by atoms with van der Waals surface area (Å²) in [5.74, 6) is -1.22. The van der Waals surface area contributed by atoms with Crippen LogP contribution in [0.25, 0.3) is 0 Å². The largest absolute Gasteiger partial charge is 0.444 e. The number of aryl methyl sites for hydroxylation is 1. The third kappa shape index (κ3) is 15.3. The maximum Gasteiger partial charge on any atom is 0.407 e. The van der Waals surface area contributed by atoms with E-state index in [0.29, 0.717) is 94.0 Å². The first-order valence-corrected chi connectivity index (χ1v) is 21.9. The summed E-state index contributed by atoms with van der Waals surface area (Å²) in [6.07, 6.45) is 8.96. The van der Waals surface area contributed by atoms with Crippen LogP contribution in [-0.4, -0.2) is 84.3 Å². The van der Waals surface area contributed by atoms with Crippen LogP contribution >= 0.6 is 0 Å². The van der Waals surface area contributed by atoms with E-state index >= 15 is 0 Å². The quantitative estimate of drug-likeness (QED) is 0.0902. The molecule has 4 amide bonds. The highest BCUT2D eigenvalue weighted by molar-refractivity contribution is 6.01. The lowest BCUT2D eigenvalue weighted by molar-refractivity contribution is -0.133. The zero-order chi connectivity index (χ0) is 43.2. The monoisotopic (exact) mass is 823 g/mol. The van der Waals surface area contributed by atoms with E-state index < -0.39 is 28.7 Å². The number of hydrogen-bond acceptors (Lipinski definition) is 6. The van der Waals surface area contributed by atoms with Crippen LogP contribution < -0.4 is 10.6 Å². The van der Waals surface area contributed by atoms with E-state index in [4.69, 9.17) is 4.74 Å². The van der Waals surface area contributed by atoms with Gasteiger partial charge in [0.2, 0.25) is 11.8 Å². The summed E-state index contributed by atoms with van der Waals surface area (Å²) in [5, 5.41) is 5.78. The summed E-state index contributed by atoms with van der Waals surface area (Å²) in [4.78, 5) is 68.5. The Morgan fingerprint density at radius 2 is 1.47 bits per heavy atom. The number of piperidine rings is 1. The van der Waals surface area contributed by atoms with Crippen LogP contribution in [0.3, 0.4) is 0 Å². The van der Waals surface area contributed by atoms with E-state index in [2.05, 4.69) is 10.6 Å². The van der Waals surface area contributed by atoms with Gasteiger partial charge >= 0.3 is 6.09 Å². The first kappa shape index (κ1) is 47.3. The molecule has 59 heavy (non-hydrogen) atoms. The number of halogens is 2. The van der Waals surface area contributed by atoms with Crippen LogP contribution in [0.2, 0.25) is 0 Å². The summed E-state index contributed by atoms with van der Waals surface area (Å²) >= 11 is 0. The Bertz CT molecular complexity index is 1730. The molecule has 12 heteroatoms. The van der Waals surface area contributed by atoms with Crippen molar-refractivity contribution in [2.24, 2.45) is 11.3 Å². The van der Waals surface area contributed by atoms with Crippen molar-refractivity contribution in [1.82, 2.24) is 20.4 Å². The zero-order valence-corrected chi connectivity index (χ0v) is 36.4. The molecule has 0 radical (unpaired) electrons. The van der Waals surface area contributed by atoms with Gasteiger partial charge in [-0.15, -0.1) is 0 Å². The molecule has 2 aliphatic rings. The molecule has 1 heterocycles. The van der Waals surface area contributed by atoms with Crippen molar-refractivity contribution < 1.29 is 37.5 Å². The minimum atomic E-state index is -0.652. The molecular weight excluding hydrogens is 755 g/mol. The molecular formula is C47H68F2N4O6. The molecule has 2 aromatic rings. The Morgan fingerprint density at radius 1 is 0.831 bits per heavy atom. The number of Topliss-reactive ketones (excluding diaryl/α,β-unsaturated/α-hetero) is 1. The van der Waals surface area contributed by atoms with Gasteiger partial charge in [-0.25, -0.2) is 13.6 Å². The molecule has 0 aromatic heterocycles. The molecule has 2 fully saturated rings. The number of likely N-dealkylation sites (tertiary alicyclic amines) is 1. The van der Waals surface area contributed by atoms with Gasteiger partial charge in [-0.05, 0) is 151 Å². The van der Waals surface area contributed by atoms with Gasteiger partial charge in [0.25, 0.3) is 5.91 Å². The van der Waals surface area contributed by atoms with Crippen LogP contribution in [0, 0.1) is 29.9 Å². The lowest BCUT2D eigenvalue weighted by Crippen LogP contribution is -2.38. The molecule has 1 unspecified atom stereocenters. The summed E-state index contributed by atoms with van der Waals surface area (Å²) in [6.45, 7) is 15.0. The molecule has 4 rings (SSSR count). The molecule has 1 saturated heterocycles. The predicted molar refractivity (Wildman–Crippen MR) is 226 cm³/mol. The number of carbonyl (C=O) groups excluding carboxylic acids is 5. The van der Waals surface area contributed by atoms with Gasteiger partial charge in [0.05, 0.1) is 0 Å². The average Bonchev–Trinajstić information content (AvgIpc) is 3.88. The third-order valence-electron chi connectivity index (χ3n) is 11.6. The van der Waals surface area contributed by atoms with E-state index in [1.807, 2.05) is 57.4 Å². The highest BCUT2D eigenvalue weighted by atomic mass is 19.1.